The van der Waals surface area contributed by atoms with Crippen molar-refractivity contribution in [3.05, 3.63) is 59.3 Å². The van der Waals surface area contributed by atoms with Crippen LogP contribution in [0.5, 0.6) is 0 Å². The van der Waals surface area contributed by atoms with E-state index in [2.05, 4.69) is 5.32 Å². The number of Topliss-reactive ketones (excluding diaryl/α,β-unsaturated/α-hetero) is 1. The Morgan fingerprint density at radius 3 is 2.67 bits per heavy atom. The number of amides is 1. The number of carbonyl (C=O) groups excluding carboxylic acids is 2. The molecule has 0 spiro atoms. The summed E-state index contributed by atoms with van der Waals surface area (Å²) in [4.78, 5) is 23.8. The van der Waals surface area contributed by atoms with E-state index < -0.39 is 0 Å². The van der Waals surface area contributed by atoms with E-state index in [9.17, 15) is 14.8 Å². The first kappa shape index (κ1) is 19.3. The molecule has 0 radical (unpaired) electrons. The summed E-state index contributed by atoms with van der Waals surface area (Å²) in [6, 6.07) is 5.27. The van der Waals surface area contributed by atoms with E-state index in [1.54, 1.807) is 18.2 Å². The summed E-state index contributed by atoms with van der Waals surface area (Å²) >= 11 is 0. The number of carbonyl (C=O) groups is 2. The standard InChI is InChI=1S/C18H23N3O3/c1-3-20-18(23)17-8-7-15(11-14(17)2)12-16(22)13-21(24)10-6-4-5-9-19/h4-11,19,24H,3,12-13H2,1-2H3,(H,20,23)/b5-4-,10-6+,19-9?. The summed E-state index contributed by atoms with van der Waals surface area (Å²) in [6.07, 6.45) is 7.24. The van der Waals surface area contributed by atoms with Crippen molar-refractivity contribution in [1.82, 2.24) is 10.4 Å². The number of nitrogens with one attached hydrogen (secondary N) is 2. The van der Waals surface area contributed by atoms with Crippen molar-refractivity contribution in [2.75, 3.05) is 13.1 Å². The summed E-state index contributed by atoms with van der Waals surface area (Å²) in [6.45, 7) is 4.12. The summed E-state index contributed by atoms with van der Waals surface area (Å²) in [5, 5.41) is 20.0. The van der Waals surface area contributed by atoms with E-state index in [4.69, 9.17) is 5.41 Å². The lowest BCUT2D eigenvalue weighted by Gasteiger charge is -2.11. The number of ketones is 1. The van der Waals surface area contributed by atoms with E-state index in [1.807, 2.05) is 19.9 Å². The van der Waals surface area contributed by atoms with Crippen molar-refractivity contribution in [3.8, 4) is 0 Å². The highest BCUT2D eigenvalue weighted by atomic mass is 16.5. The largest absolute Gasteiger partial charge is 0.352 e. The average Bonchev–Trinajstić information content (AvgIpc) is 2.51. The van der Waals surface area contributed by atoms with Crippen molar-refractivity contribution in [1.29, 1.82) is 5.41 Å². The fourth-order valence-corrected chi connectivity index (χ4v) is 2.13. The van der Waals surface area contributed by atoms with Crippen LogP contribution in [0.15, 0.2) is 42.6 Å². The number of hydrogen-bond acceptors (Lipinski definition) is 5. The van der Waals surface area contributed by atoms with Gasteiger partial charge in [0.15, 0.2) is 5.78 Å². The maximum absolute atomic E-state index is 12.0. The fourth-order valence-electron chi connectivity index (χ4n) is 2.13. The van der Waals surface area contributed by atoms with Crippen LogP contribution in [0.3, 0.4) is 0 Å². The number of aryl methyl sites for hydroxylation is 1. The zero-order valence-corrected chi connectivity index (χ0v) is 14.0. The number of rotatable bonds is 9. The Labute approximate surface area is 141 Å². The van der Waals surface area contributed by atoms with Gasteiger partial charge in [-0.3, -0.25) is 19.9 Å². The van der Waals surface area contributed by atoms with Gasteiger partial charge in [-0.15, -0.1) is 0 Å². The highest BCUT2D eigenvalue weighted by Gasteiger charge is 2.11. The molecular formula is C18H23N3O3. The number of hydrogen-bond donors (Lipinski definition) is 3. The van der Waals surface area contributed by atoms with Crippen LogP contribution < -0.4 is 5.32 Å². The number of allylic oxidation sites excluding steroid dienone is 3. The van der Waals surface area contributed by atoms with Gasteiger partial charge in [0.25, 0.3) is 5.91 Å². The first-order valence-corrected chi connectivity index (χ1v) is 7.66. The minimum atomic E-state index is -0.150. The van der Waals surface area contributed by atoms with Gasteiger partial charge in [-0.1, -0.05) is 18.2 Å². The molecule has 1 aromatic rings. The van der Waals surface area contributed by atoms with Crippen molar-refractivity contribution >= 4 is 17.9 Å². The van der Waals surface area contributed by atoms with Crippen LogP contribution >= 0.6 is 0 Å². The van der Waals surface area contributed by atoms with Gasteiger partial charge in [-0.25, -0.2) is 0 Å². The molecule has 0 saturated heterocycles. The number of hydroxylamine groups is 2. The lowest BCUT2D eigenvalue weighted by Crippen LogP contribution is -2.24. The van der Waals surface area contributed by atoms with Crippen LogP contribution in [-0.4, -0.2) is 41.3 Å². The molecule has 0 aliphatic rings. The van der Waals surface area contributed by atoms with E-state index in [-0.39, 0.29) is 24.7 Å². The molecule has 6 nitrogen and oxygen atoms in total. The predicted octanol–water partition coefficient (Wildman–Crippen LogP) is 2.27. The maximum atomic E-state index is 12.0. The Balaban J connectivity index is 2.62. The summed E-state index contributed by atoms with van der Waals surface area (Å²) in [7, 11) is 0. The average molecular weight is 329 g/mol. The van der Waals surface area contributed by atoms with Crippen LogP contribution in [0.25, 0.3) is 0 Å². The molecule has 0 saturated carbocycles. The molecule has 0 aromatic heterocycles. The SMILES string of the molecule is CCNC(=O)c1ccc(CC(=O)CN(O)/C=C/C=C\C=N)cc1C. The Bertz CT molecular complexity index is 651. The van der Waals surface area contributed by atoms with Crippen LogP contribution in [0.4, 0.5) is 0 Å². The molecular weight excluding hydrogens is 306 g/mol. The second-order valence-electron chi connectivity index (χ2n) is 5.21. The minimum absolute atomic E-state index is 0.127. The van der Waals surface area contributed by atoms with Gasteiger partial charge in [0.1, 0.15) is 6.54 Å². The highest BCUT2D eigenvalue weighted by Crippen LogP contribution is 2.12. The molecule has 0 aliphatic carbocycles. The molecule has 3 N–H and O–H groups in total. The van der Waals surface area contributed by atoms with E-state index in [0.717, 1.165) is 22.4 Å². The van der Waals surface area contributed by atoms with Gasteiger partial charge in [-0.2, -0.15) is 0 Å². The van der Waals surface area contributed by atoms with Crippen LogP contribution in [0.1, 0.15) is 28.4 Å². The molecule has 1 amide bonds. The van der Waals surface area contributed by atoms with Crippen LogP contribution in [0, 0.1) is 12.3 Å². The van der Waals surface area contributed by atoms with Gasteiger partial charge >= 0.3 is 0 Å². The van der Waals surface area contributed by atoms with Crippen LogP contribution in [0.2, 0.25) is 0 Å². The molecule has 0 heterocycles. The quantitative estimate of drug-likeness (QED) is 0.368. The Morgan fingerprint density at radius 2 is 2.04 bits per heavy atom. The molecule has 0 atom stereocenters. The third-order valence-corrected chi connectivity index (χ3v) is 3.19. The smallest absolute Gasteiger partial charge is 0.251 e. The molecule has 0 unspecified atom stereocenters. The Morgan fingerprint density at radius 1 is 1.29 bits per heavy atom. The Kier molecular flexibility index (Phi) is 8.15. The van der Waals surface area contributed by atoms with Gasteiger partial charge in [0.2, 0.25) is 0 Å². The van der Waals surface area contributed by atoms with Crippen molar-refractivity contribution in [3.63, 3.8) is 0 Å². The van der Waals surface area contributed by atoms with Gasteiger partial charge in [0, 0.05) is 30.9 Å². The minimum Gasteiger partial charge on any atom is -0.352 e. The van der Waals surface area contributed by atoms with E-state index in [0.29, 0.717) is 12.1 Å². The summed E-state index contributed by atoms with van der Waals surface area (Å²) < 4.78 is 0. The summed E-state index contributed by atoms with van der Waals surface area (Å²) in [5.41, 5.74) is 2.20. The monoisotopic (exact) mass is 329 g/mol. The van der Waals surface area contributed by atoms with Gasteiger partial charge in [0.05, 0.1) is 0 Å². The topological polar surface area (TPSA) is 93.5 Å². The number of benzene rings is 1. The van der Waals surface area contributed by atoms with Crippen molar-refractivity contribution in [2.24, 2.45) is 0 Å². The predicted molar refractivity (Wildman–Crippen MR) is 93.5 cm³/mol. The fraction of sp³-hybridized carbons (Fsp3) is 0.278. The lowest BCUT2D eigenvalue weighted by atomic mass is 10.0. The van der Waals surface area contributed by atoms with E-state index >= 15 is 0 Å². The summed E-state index contributed by atoms with van der Waals surface area (Å²) in [5.74, 6) is -0.277. The molecule has 6 heteroatoms. The Hall–Kier alpha value is -2.73. The van der Waals surface area contributed by atoms with Crippen molar-refractivity contribution in [2.45, 2.75) is 20.3 Å². The molecule has 128 valence electrons. The normalized spacial score (nSPS) is 11.0. The first-order chi connectivity index (χ1) is 11.5. The molecule has 0 fully saturated rings. The first-order valence-electron chi connectivity index (χ1n) is 7.66. The second-order valence-corrected chi connectivity index (χ2v) is 5.21. The zero-order valence-electron chi connectivity index (χ0n) is 14.0. The maximum Gasteiger partial charge on any atom is 0.251 e. The molecule has 0 bridgehead atoms. The molecule has 1 rings (SSSR count). The van der Waals surface area contributed by atoms with Gasteiger partial charge in [-0.05, 0) is 43.2 Å². The number of nitrogens with zero attached hydrogens (tertiary/aromatic N) is 1. The van der Waals surface area contributed by atoms with Crippen LogP contribution in [-0.2, 0) is 11.2 Å². The van der Waals surface area contributed by atoms with Crippen molar-refractivity contribution < 1.29 is 14.8 Å². The molecule has 1 aromatic carbocycles. The molecule has 0 aliphatic heterocycles. The third-order valence-electron chi connectivity index (χ3n) is 3.19. The zero-order chi connectivity index (χ0) is 17.9. The molecule has 24 heavy (non-hydrogen) atoms. The van der Waals surface area contributed by atoms with Gasteiger partial charge < -0.3 is 10.7 Å². The lowest BCUT2D eigenvalue weighted by molar-refractivity contribution is -0.127. The second kappa shape index (κ2) is 10.1. The van der Waals surface area contributed by atoms with E-state index in [1.165, 1.54) is 18.4 Å². The highest BCUT2D eigenvalue weighted by molar-refractivity contribution is 5.95. The third kappa shape index (κ3) is 6.58.